The molecule has 0 radical (unpaired) electrons. The van der Waals surface area contributed by atoms with Crippen molar-refractivity contribution in [2.24, 2.45) is 0 Å². The van der Waals surface area contributed by atoms with Crippen LogP contribution in [0.5, 0.6) is 11.5 Å². The van der Waals surface area contributed by atoms with E-state index in [1.807, 2.05) is 36.4 Å². The van der Waals surface area contributed by atoms with Gasteiger partial charge in [-0.25, -0.2) is 0 Å². The van der Waals surface area contributed by atoms with Crippen LogP contribution >= 0.6 is 0 Å². The second-order valence-corrected chi connectivity index (χ2v) is 6.19. The predicted molar refractivity (Wildman–Crippen MR) is 107 cm³/mol. The van der Waals surface area contributed by atoms with E-state index in [9.17, 15) is 0 Å². The molecule has 4 aromatic carbocycles. The maximum atomic E-state index is 5.88. The smallest absolute Gasteiger partial charge is 0.119 e. The van der Waals surface area contributed by atoms with Crippen molar-refractivity contribution in [3.63, 3.8) is 0 Å². The summed E-state index contributed by atoms with van der Waals surface area (Å²) in [7, 11) is 1.69. The molecule has 0 aliphatic carbocycles. The molecule has 0 spiro atoms. The van der Waals surface area contributed by atoms with Crippen LogP contribution in [0.3, 0.4) is 0 Å². The van der Waals surface area contributed by atoms with Gasteiger partial charge >= 0.3 is 0 Å². The van der Waals surface area contributed by atoms with Crippen LogP contribution in [0.1, 0.15) is 5.56 Å². The van der Waals surface area contributed by atoms with Crippen LogP contribution in [-0.4, -0.2) is 7.11 Å². The fourth-order valence-electron chi connectivity index (χ4n) is 3.11. The van der Waals surface area contributed by atoms with Gasteiger partial charge in [-0.3, -0.25) is 0 Å². The highest BCUT2D eigenvalue weighted by atomic mass is 16.5. The Labute approximate surface area is 153 Å². The number of hydrogen-bond donors (Lipinski definition) is 0. The van der Waals surface area contributed by atoms with Crippen molar-refractivity contribution in [2.75, 3.05) is 7.11 Å². The quantitative estimate of drug-likeness (QED) is 0.437. The topological polar surface area (TPSA) is 18.5 Å². The summed E-state index contributed by atoms with van der Waals surface area (Å²) in [6.45, 7) is 0.578. The van der Waals surface area contributed by atoms with Crippen LogP contribution in [-0.2, 0) is 6.61 Å². The Balaban J connectivity index is 1.58. The Morgan fingerprint density at radius 1 is 0.692 bits per heavy atom. The van der Waals surface area contributed by atoms with Gasteiger partial charge in [-0.2, -0.15) is 0 Å². The molecule has 0 aromatic heterocycles. The summed E-state index contributed by atoms with van der Waals surface area (Å²) in [6.07, 6.45) is 0. The lowest BCUT2D eigenvalue weighted by Crippen LogP contribution is -1.94. The fraction of sp³-hybridized carbons (Fsp3) is 0.0833. The first kappa shape index (κ1) is 16.2. The third-order valence-electron chi connectivity index (χ3n) is 4.50. The van der Waals surface area contributed by atoms with Gasteiger partial charge in [-0.1, -0.05) is 66.7 Å². The van der Waals surface area contributed by atoms with E-state index in [-0.39, 0.29) is 0 Å². The van der Waals surface area contributed by atoms with E-state index in [2.05, 4.69) is 54.6 Å². The van der Waals surface area contributed by atoms with Gasteiger partial charge in [0.15, 0.2) is 0 Å². The van der Waals surface area contributed by atoms with Gasteiger partial charge in [-0.15, -0.1) is 0 Å². The van der Waals surface area contributed by atoms with E-state index in [1.54, 1.807) is 7.11 Å². The van der Waals surface area contributed by atoms with E-state index in [0.29, 0.717) is 6.61 Å². The third kappa shape index (κ3) is 3.40. The first-order valence-electron chi connectivity index (χ1n) is 8.67. The highest BCUT2D eigenvalue weighted by Crippen LogP contribution is 2.31. The molecule has 0 aliphatic rings. The molecule has 0 heterocycles. The van der Waals surface area contributed by atoms with Crippen LogP contribution in [0, 0.1) is 0 Å². The Bertz CT molecular complexity index is 1010. The van der Waals surface area contributed by atoms with Gasteiger partial charge in [0.25, 0.3) is 0 Å². The Kier molecular flexibility index (Phi) is 4.57. The number of rotatable bonds is 5. The zero-order chi connectivity index (χ0) is 17.8. The van der Waals surface area contributed by atoms with Gasteiger partial charge in [-0.05, 0) is 51.7 Å². The predicted octanol–water partition coefficient (Wildman–Crippen LogP) is 6.09. The molecule has 0 aliphatic heterocycles. The monoisotopic (exact) mass is 340 g/mol. The SMILES string of the molecule is COc1ccc2c(-c3ccc(OCc4ccccc4)cc3)cccc2c1. The molecule has 0 unspecified atom stereocenters. The minimum absolute atomic E-state index is 0.578. The molecule has 0 N–H and O–H groups in total. The molecule has 0 saturated heterocycles. The first-order valence-corrected chi connectivity index (χ1v) is 8.67. The average Bonchev–Trinajstić information content (AvgIpc) is 2.72. The Morgan fingerprint density at radius 3 is 2.23 bits per heavy atom. The lowest BCUT2D eigenvalue weighted by molar-refractivity contribution is 0.306. The number of hydrogen-bond acceptors (Lipinski definition) is 2. The Hall–Kier alpha value is -3.26. The van der Waals surface area contributed by atoms with E-state index in [0.717, 1.165) is 11.5 Å². The van der Waals surface area contributed by atoms with E-state index >= 15 is 0 Å². The molecule has 26 heavy (non-hydrogen) atoms. The molecule has 0 atom stereocenters. The normalized spacial score (nSPS) is 10.7. The standard InChI is InChI=1S/C24H20O2/c1-25-22-14-15-24-20(16-22)8-5-9-23(24)19-10-12-21(13-11-19)26-17-18-6-3-2-4-7-18/h2-16H,17H2,1H3. The van der Waals surface area contributed by atoms with Crippen molar-refractivity contribution in [1.29, 1.82) is 0 Å². The van der Waals surface area contributed by atoms with Gasteiger partial charge in [0.05, 0.1) is 7.11 Å². The summed E-state index contributed by atoms with van der Waals surface area (Å²) in [5.74, 6) is 1.75. The van der Waals surface area contributed by atoms with Crippen molar-refractivity contribution >= 4 is 10.8 Å². The second-order valence-electron chi connectivity index (χ2n) is 6.19. The van der Waals surface area contributed by atoms with Crippen LogP contribution in [0.25, 0.3) is 21.9 Å². The second kappa shape index (κ2) is 7.32. The highest BCUT2D eigenvalue weighted by molar-refractivity contribution is 5.97. The first-order chi connectivity index (χ1) is 12.8. The van der Waals surface area contributed by atoms with E-state index in [1.165, 1.54) is 27.5 Å². The van der Waals surface area contributed by atoms with Crippen molar-refractivity contribution in [1.82, 2.24) is 0 Å². The summed E-state index contributed by atoms with van der Waals surface area (Å²) in [6, 6.07) is 31.0. The number of benzene rings is 4. The van der Waals surface area contributed by atoms with Crippen molar-refractivity contribution in [3.8, 4) is 22.6 Å². The van der Waals surface area contributed by atoms with Crippen LogP contribution < -0.4 is 9.47 Å². The van der Waals surface area contributed by atoms with Crippen molar-refractivity contribution in [2.45, 2.75) is 6.61 Å². The zero-order valence-corrected chi connectivity index (χ0v) is 14.7. The minimum atomic E-state index is 0.578. The average molecular weight is 340 g/mol. The summed E-state index contributed by atoms with van der Waals surface area (Å²) in [5.41, 5.74) is 3.55. The lowest BCUT2D eigenvalue weighted by Gasteiger charge is -2.10. The van der Waals surface area contributed by atoms with E-state index in [4.69, 9.17) is 9.47 Å². The number of methoxy groups -OCH3 is 1. The molecule has 4 aromatic rings. The minimum Gasteiger partial charge on any atom is -0.497 e. The lowest BCUT2D eigenvalue weighted by atomic mass is 9.98. The van der Waals surface area contributed by atoms with Crippen molar-refractivity contribution < 1.29 is 9.47 Å². The molecule has 0 bridgehead atoms. The van der Waals surface area contributed by atoms with Crippen molar-refractivity contribution in [3.05, 3.63) is 96.6 Å². The summed E-state index contributed by atoms with van der Waals surface area (Å²) in [5, 5.41) is 2.39. The zero-order valence-electron chi connectivity index (χ0n) is 14.7. The number of ether oxygens (including phenoxy) is 2. The number of fused-ring (bicyclic) bond motifs is 1. The maximum absolute atomic E-state index is 5.88. The molecule has 2 heteroatoms. The molecule has 128 valence electrons. The highest BCUT2D eigenvalue weighted by Gasteiger charge is 2.05. The van der Waals surface area contributed by atoms with E-state index < -0.39 is 0 Å². The van der Waals surface area contributed by atoms with Crippen LogP contribution in [0.4, 0.5) is 0 Å². The molecule has 0 amide bonds. The van der Waals surface area contributed by atoms with Gasteiger partial charge in [0.1, 0.15) is 18.1 Å². The maximum Gasteiger partial charge on any atom is 0.119 e. The molecular formula is C24H20O2. The largest absolute Gasteiger partial charge is 0.497 e. The molecule has 0 saturated carbocycles. The van der Waals surface area contributed by atoms with Gasteiger partial charge in [0.2, 0.25) is 0 Å². The van der Waals surface area contributed by atoms with Gasteiger partial charge < -0.3 is 9.47 Å². The van der Waals surface area contributed by atoms with Crippen LogP contribution in [0.15, 0.2) is 91.0 Å². The fourth-order valence-corrected chi connectivity index (χ4v) is 3.11. The van der Waals surface area contributed by atoms with Crippen LogP contribution in [0.2, 0.25) is 0 Å². The summed E-state index contributed by atoms with van der Waals surface area (Å²) < 4.78 is 11.2. The summed E-state index contributed by atoms with van der Waals surface area (Å²) >= 11 is 0. The van der Waals surface area contributed by atoms with Gasteiger partial charge in [0, 0.05) is 0 Å². The molecular weight excluding hydrogens is 320 g/mol. The molecule has 4 rings (SSSR count). The Morgan fingerprint density at radius 2 is 1.46 bits per heavy atom. The molecule has 0 fully saturated rings. The molecule has 2 nitrogen and oxygen atoms in total. The summed E-state index contributed by atoms with van der Waals surface area (Å²) in [4.78, 5) is 0. The third-order valence-corrected chi connectivity index (χ3v) is 4.50.